The smallest absolute Gasteiger partial charge is 0.246 e. The number of ether oxygens (including phenoxy) is 1. The lowest BCUT2D eigenvalue weighted by Crippen LogP contribution is -2.41. The van der Waals surface area contributed by atoms with Crippen LogP contribution in [0.1, 0.15) is 12.5 Å². The lowest BCUT2D eigenvalue weighted by Gasteiger charge is -2.24. The molecule has 2 amide bonds. The van der Waals surface area contributed by atoms with Gasteiger partial charge in [0.15, 0.2) is 0 Å². The van der Waals surface area contributed by atoms with Crippen LogP contribution in [-0.4, -0.2) is 44.0 Å². The first-order chi connectivity index (χ1) is 12.0. The Morgan fingerprint density at radius 2 is 1.76 bits per heavy atom. The first-order valence-electron chi connectivity index (χ1n) is 8.21. The summed E-state index contributed by atoms with van der Waals surface area (Å²) in [6.07, 6.45) is 0.666. The molecule has 132 valence electrons. The minimum atomic E-state index is -0.118. The van der Waals surface area contributed by atoms with Crippen LogP contribution in [-0.2, 0) is 16.0 Å². The van der Waals surface area contributed by atoms with Crippen LogP contribution >= 0.6 is 0 Å². The number of benzene rings is 2. The molecule has 0 heterocycles. The zero-order valence-electron chi connectivity index (χ0n) is 14.9. The van der Waals surface area contributed by atoms with Crippen molar-refractivity contribution in [1.29, 1.82) is 0 Å². The van der Waals surface area contributed by atoms with E-state index in [2.05, 4.69) is 0 Å². The molecule has 0 aromatic heterocycles. The first-order valence-corrected chi connectivity index (χ1v) is 8.21. The van der Waals surface area contributed by atoms with Crippen molar-refractivity contribution < 1.29 is 14.3 Å². The van der Waals surface area contributed by atoms with Crippen molar-refractivity contribution in [2.75, 3.05) is 32.1 Å². The normalized spacial score (nSPS) is 10.2. The number of methoxy groups -OCH3 is 1. The Morgan fingerprint density at radius 1 is 1.04 bits per heavy atom. The van der Waals surface area contributed by atoms with Crippen molar-refractivity contribution in [1.82, 2.24) is 4.90 Å². The van der Waals surface area contributed by atoms with E-state index in [1.54, 1.807) is 24.0 Å². The fourth-order valence-corrected chi connectivity index (χ4v) is 2.50. The van der Waals surface area contributed by atoms with E-state index in [1.807, 2.05) is 54.6 Å². The van der Waals surface area contributed by atoms with Gasteiger partial charge in [-0.05, 0) is 36.2 Å². The van der Waals surface area contributed by atoms with Gasteiger partial charge < -0.3 is 14.5 Å². The molecule has 0 unspecified atom stereocenters. The third kappa shape index (κ3) is 5.35. The van der Waals surface area contributed by atoms with E-state index in [4.69, 9.17) is 4.74 Å². The largest absolute Gasteiger partial charge is 0.497 e. The van der Waals surface area contributed by atoms with Gasteiger partial charge in [0.1, 0.15) is 12.3 Å². The van der Waals surface area contributed by atoms with Crippen LogP contribution in [0.25, 0.3) is 0 Å². The maximum absolute atomic E-state index is 12.5. The third-order valence-corrected chi connectivity index (χ3v) is 4.09. The zero-order chi connectivity index (χ0) is 18.2. The fourth-order valence-electron chi connectivity index (χ4n) is 2.50. The van der Waals surface area contributed by atoms with Gasteiger partial charge >= 0.3 is 0 Å². The second-order valence-electron chi connectivity index (χ2n) is 5.83. The summed E-state index contributed by atoms with van der Waals surface area (Å²) in [7, 11) is 3.34. The number of likely N-dealkylation sites (N-methyl/N-ethyl adjacent to an activating group) is 1. The van der Waals surface area contributed by atoms with Gasteiger partial charge in [-0.15, -0.1) is 0 Å². The molecule has 0 spiro atoms. The molecule has 5 heteroatoms. The fraction of sp³-hybridized carbons (Fsp3) is 0.300. The summed E-state index contributed by atoms with van der Waals surface area (Å²) in [5.41, 5.74) is 1.87. The van der Waals surface area contributed by atoms with Gasteiger partial charge in [0.25, 0.3) is 0 Å². The number of carbonyl (C=O) groups is 2. The summed E-state index contributed by atoms with van der Waals surface area (Å²) in [4.78, 5) is 27.5. The number of nitrogens with zero attached hydrogens (tertiary/aromatic N) is 2. The lowest BCUT2D eigenvalue weighted by molar-refractivity contribution is -0.133. The highest BCUT2D eigenvalue weighted by Crippen LogP contribution is 2.14. The Balaban J connectivity index is 1.98. The molecular formula is C20H24N2O3. The molecule has 2 aromatic rings. The van der Waals surface area contributed by atoms with E-state index in [1.165, 1.54) is 6.92 Å². The van der Waals surface area contributed by atoms with Crippen molar-refractivity contribution in [3.8, 4) is 5.75 Å². The Hall–Kier alpha value is -2.82. The second kappa shape index (κ2) is 8.87. The molecule has 0 aliphatic rings. The van der Waals surface area contributed by atoms with E-state index in [-0.39, 0.29) is 18.4 Å². The maximum atomic E-state index is 12.5. The summed E-state index contributed by atoms with van der Waals surface area (Å²) in [5, 5.41) is 0. The van der Waals surface area contributed by atoms with Gasteiger partial charge in [-0.2, -0.15) is 0 Å². The van der Waals surface area contributed by atoms with Gasteiger partial charge in [-0.1, -0.05) is 30.3 Å². The van der Waals surface area contributed by atoms with E-state index in [9.17, 15) is 9.59 Å². The van der Waals surface area contributed by atoms with Gasteiger partial charge in [0.05, 0.1) is 7.11 Å². The van der Waals surface area contributed by atoms with Crippen LogP contribution in [0.15, 0.2) is 54.6 Å². The maximum Gasteiger partial charge on any atom is 0.246 e. The molecule has 0 atom stereocenters. The Morgan fingerprint density at radius 3 is 2.40 bits per heavy atom. The molecule has 0 bridgehead atoms. The molecule has 2 rings (SSSR count). The molecule has 2 aromatic carbocycles. The van der Waals surface area contributed by atoms with Gasteiger partial charge in [0.2, 0.25) is 11.8 Å². The van der Waals surface area contributed by atoms with Crippen LogP contribution in [0.2, 0.25) is 0 Å². The number of para-hydroxylation sites is 1. The molecule has 0 N–H and O–H groups in total. The van der Waals surface area contributed by atoms with Gasteiger partial charge in [0, 0.05) is 26.2 Å². The number of amides is 2. The van der Waals surface area contributed by atoms with Crippen molar-refractivity contribution in [3.05, 3.63) is 60.2 Å². The minimum absolute atomic E-state index is 0.0602. The van der Waals surface area contributed by atoms with Crippen molar-refractivity contribution in [2.24, 2.45) is 0 Å². The summed E-state index contributed by atoms with van der Waals surface area (Å²) in [6, 6.07) is 17.1. The second-order valence-corrected chi connectivity index (χ2v) is 5.83. The molecule has 0 saturated carbocycles. The lowest BCUT2D eigenvalue weighted by atomic mass is 10.1. The molecular weight excluding hydrogens is 316 g/mol. The average molecular weight is 340 g/mol. The monoisotopic (exact) mass is 340 g/mol. The predicted molar refractivity (Wildman–Crippen MR) is 98.8 cm³/mol. The van der Waals surface area contributed by atoms with Crippen LogP contribution in [0.4, 0.5) is 5.69 Å². The van der Waals surface area contributed by atoms with Crippen LogP contribution in [0, 0.1) is 0 Å². The molecule has 5 nitrogen and oxygen atoms in total. The Labute approximate surface area is 148 Å². The highest BCUT2D eigenvalue weighted by molar-refractivity contribution is 5.96. The molecule has 0 aliphatic heterocycles. The quantitative estimate of drug-likeness (QED) is 0.779. The van der Waals surface area contributed by atoms with Crippen molar-refractivity contribution in [2.45, 2.75) is 13.3 Å². The van der Waals surface area contributed by atoms with Crippen LogP contribution in [0.3, 0.4) is 0 Å². The Kier molecular flexibility index (Phi) is 6.57. The average Bonchev–Trinajstić information content (AvgIpc) is 2.64. The van der Waals surface area contributed by atoms with Gasteiger partial charge in [-0.3, -0.25) is 9.59 Å². The third-order valence-electron chi connectivity index (χ3n) is 4.09. The highest BCUT2D eigenvalue weighted by atomic mass is 16.5. The highest BCUT2D eigenvalue weighted by Gasteiger charge is 2.17. The van der Waals surface area contributed by atoms with Crippen molar-refractivity contribution in [3.63, 3.8) is 0 Å². The zero-order valence-corrected chi connectivity index (χ0v) is 14.9. The first kappa shape index (κ1) is 18.5. The number of hydrogen-bond acceptors (Lipinski definition) is 3. The molecule has 0 fully saturated rings. The van der Waals surface area contributed by atoms with E-state index >= 15 is 0 Å². The summed E-state index contributed by atoms with van der Waals surface area (Å²) in [5.74, 6) is 0.552. The minimum Gasteiger partial charge on any atom is -0.497 e. The van der Waals surface area contributed by atoms with E-state index in [0.29, 0.717) is 13.0 Å². The number of hydrogen-bond donors (Lipinski definition) is 0. The molecule has 0 aliphatic carbocycles. The Bertz CT molecular complexity index is 716. The molecule has 0 radical (unpaired) electrons. The van der Waals surface area contributed by atoms with E-state index in [0.717, 1.165) is 17.0 Å². The van der Waals surface area contributed by atoms with E-state index < -0.39 is 0 Å². The van der Waals surface area contributed by atoms with Crippen molar-refractivity contribution >= 4 is 17.5 Å². The van der Waals surface area contributed by atoms with Crippen LogP contribution < -0.4 is 9.64 Å². The van der Waals surface area contributed by atoms with Crippen LogP contribution in [0.5, 0.6) is 5.75 Å². The molecule has 25 heavy (non-hydrogen) atoms. The standard InChI is InChI=1S/C20H24N2O3/c1-16(23)22(13-12-17-8-7-11-19(14-17)25-3)15-20(24)21(2)18-9-5-4-6-10-18/h4-11,14H,12-13,15H2,1-3H3. The number of rotatable bonds is 7. The summed E-state index contributed by atoms with van der Waals surface area (Å²) in [6.45, 7) is 2.03. The number of carbonyl (C=O) groups excluding carboxylic acids is 2. The topological polar surface area (TPSA) is 49.9 Å². The molecule has 0 saturated heterocycles. The summed E-state index contributed by atoms with van der Waals surface area (Å²) >= 11 is 0. The SMILES string of the molecule is COc1cccc(CCN(CC(=O)N(C)c2ccccc2)C(C)=O)c1. The summed E-state index contributed by atoms with van der Waals surface area (Å²) < 4.78 is 5.21. The number of anilines is 1. The predicted octanol–water partition coefficient (Wildman–Crippen LogP) is 2.75. The van der Waals surface area contributed by atoms with Gasteiger partial charge in [-0.25, -0.2) is 0 Å².